The van der Waals surface area contributed by atoms with Gasteiger partial charge in [0.1, 0.15) is 5.82 Å². The number of pyridine rings is 1. The molecule has 0 saturated carbocycles. The molecule has 1 amide bonds. The van der Waals surface area contributed by atoms with Gasteiger partial charge in [-0.1, -0.05) is 6.92 Å². The number of ether oxygens (including phenoxy) is 1. The number of nitrogens with two attached hydrogens (primary N) is 1. The van der Waals surface area contributed by atoms with Crippen molar-refractivity contribution in [3.63, 3.8) is 0 Å². The Morgan fingerprint density at radius 2 is 2.35 bits per heavy atom. The fourth-order valence-corrected chi connectivity index (χ4v) is 2.58. The molecule has 2 unspecified atom stereocenters. The zero-order chi connectivity index (χ0) is 14.5. The molecule has 0 aliphatic carbocycles. The summed E-state index contributed by atoms with van der Waals surface area (Å²) in [5.41, 5.74) is 3.78. The second kappa shape index (κ2) is 6.67. The number of aromatic nitrogens is 1. The van der Waals surface area contributed by atoms with Crippen molar-refractivity contribution in [3.05, 3.63) is 23.4 Å². The Hall–Kier alpha value is -1.66. The highest BCUT2D eigenvalue weighted by Gasteiger charge is 2.26. The molecule has 1 aliphatic heterocycles. The molecule has 4 N–H and O–H groups in total. The third-order valence-electron chi connectivity index (χ3n) is 3.64. The molecule has 1 saturated heterocycles. The van der Waals surface area contributed by atoms with Crippen molar-refractivity contribution < 1.29 is 9.53 Å². The van der Waals surface area contributed by atoms with E-state index in [1.54, 1.807) is 12.1 Å². The van der Waals surface area contributed by atoms with E-state index in [0.717, 1.165) is 25.1 Å². The van der Waals surface area contributed by atoms with Crippen LogP contribution < -0.4 is 16.6 Å². The molecule has 6 heteroatoms. The molecule has 2 rings (SSSR count). The van der Waals surface area contributed by atoms with Gasteiger partial charge in [0.05, 0.1) is 6.10 Å². The van der Waals surface area contributed by atoms with E-state index in [-0.39, 0.29) is 12.0 Å². The van der Waals surface area contributed by atoms with Crippen LogP contribution in [0.25, 0.3) is 0 Å². The number of carbonyl (C=O) groups is 1. The highest BCUT2D eigenvalue weighted by Crippen LogP contribution is 2.22. The van der Waals surface area contributed by atoms with Crippen LogP contribution in [0.5, 0.6) is 0 Å². The zero-order valence-electron chi connectivity index (χ0n) is 12.0. The predicted molar refractivity (Wildman–Crippen MR) is 77.3 cm³/mol. The van der Waals surface area contributed by atoms with E-state index in [4.69, 9.17) is 10.6 Å². The van der Waals surface area contributed by atoms with Crippen LogP contribution in [-0.2, 0) is 4.74 Å². The highest BCUT2D eigenvalue weighted by atomic mass is 16.5. The first-order valence-corrected chi connectivity index (χ1v) is 6.99. The summed E-state index contributed by atoms with van der Waals surface area (Å²) < 4.78 is 5.62. The number of anilines is 1. The number of hydrazine groups is 1. The SMILES string of the molecule is CCC1OCCC1CNC(=O)c1cc(C)nc(NN)c1. The third-order valence-corrected chi connectivity index (χ3v) is 3.64. The molecule has 1 aromatic rings. The van der Waals surface area contributed by atoms with Crippen LogP contribution in [0.2, 0.25) is 0 Å². The van der Waals surface area contributed by atoms with Gasteiger partial charge in [-0.15, -0.1) is 0 Å². The molecule has 6 nitrogen and oxygen atoms in total. The van der Waals surface area contributed by atoms with Crippen LogP contribution in [0.15, 0.2) is 12.1 Å². The molecule has 0 bridgehead atoms. The Balaban J connectivity index is 1.96. The predicted octanol–water partition coefficient (Wildman–Crippen LogP) is 1.22. The molecule has 1 fully saturated rings. The van der Waals surface area contributed by atoms with Gasteiger partial charge < -0.3 is 15.5 Å². The lowest BCUT2D eigenvalue weighted by molar-refractivity contribution is 0.0827. The molecule has 2 heterocycles. The second-order valence-electron chi connectivity index (χ2n) is 5.10. The van der Waals surface area contributed by atoms with Crippen molar-refractivity contribution in [2.75, 3.05) is 18.6 Å². The lowest BCUT2D eigenvalue weighted by Crippen LogP contribution is -2.32. The Morgan fingerprint density at radius 3 is 3.05 bits per heavy atom. The fraction of sp³-hybridized carbons (Fsp3) is 0.571. The topological polar surface area (TPSA) is 89.3 Å². The molecular formula is C14H22N4O2. The first kappa shape index (κ1) is 14.7. The van der Waals surface area contributed by atoms with E-state index in [9.17, 15) is 4.79 Å². The summed E-state index contributed by atoms with van der Waals surface area (Å²) in [6.07, 6.45) is 2.25. The molecule has 1 aliphatic rings. The van der Waals surface area contributed by atoms with E-state index in [1.165, 1.54) is 0 Å². The fourth-order valence-electron chi connectivity index (χ4n) is 2.58. The summed E-state index contributed by atoms with van der Waals surface area (Å²) in [5.74, 6) is 6.13. The minimum atomic E-state index is -0.103. The molecule has 0 aromatic carbocycles. The lowest BCUT2D eigenvalue weighted by atomic mass is 9.99. The maximum atomic E-state index is 12.2. The van der Waals surface area contributed by atoms with Gasteiger partial charge in [-0.05, 0) is 31.9 Å². The second-order valence-corrected chi connectivity index (χ2v) is 5.10. The molecule has 0 spiro atoms. The van der Waals surface area contributed by atoms with Gasteiger partial charge in [0.25, 0.3) is 5.91 Å². The smallest absolute Gasteiger partial charge is 0.251 e. The molecule has 110 valence electrons. The quantitative estimate of drug-likeness (QED) is 0.556. The van der Waals surface area contributed by atoms with Crippen LogP contribution in [0, 0.1) is 12.8 Å². The minimum absolute atomic E-state index is 0.103. The van der Waals surface area contributed by atoms with Gasteiger partial charge in [0.15, 0.2) is 0 Å². The number of nitrogens with zero attached hydrogens (tertiary/aromatic N) is 1. The Bertz CT molecular complexity index is 478. The molecule has 20 heavy (non-hydrogen) atoms. The van der Waals surface area contributed by atoms with Gasteiger partial charge >= 0.3 is 0 Å². The van der Waals surface area contributed by atoms with Crippen molar-refractivity contribution >= 4 is 11.7 Å². The van der Waals surface area contributed by atoms with Gasteiger partial charge in [0, 0.05) is 30.3 Å². The van der Waals surface area contributed by atoms with E-state index in [1.807, 2.05) is 6.92 Å². The Labute approximate surface area is 119 Å². The van der Waals surface area contributed by atoms with Crippen LogP contribution >= 0.6 is 0 Å². The van der Waals surface area contributed by atoms with Crippen molar-refractivity contribution in [1.82, 2.24) is 10.3 Å². The maximum Gasteiger partial charge on any atom is 0.251 e. The lowest BCUT2D eigenvalue weighted by Gasteiger charge is -2.17. The number of aryl methyl sites for hydroxylation is 1. The van der Waals surface area contributed by atoms with Crippen LogP contribution in [-0.4, -0.2) is 30.1 Å². The number of nitrogens with one attached hydrogen (secondary N) is 2. The summed E-state index contributed by atoms with van der Waals surface area (Å²) in [6.45, 7) is 5.37. The molecular weight excluding hydrogens is 256 g/mol. The summed E-state index contributed by atoms with van der Waals surface area (Å²) in [4.78, 5) is 16.3. The maximum absolute atomic E-state index is 12.2. The van der Waals surface area contributed by atoms with Crippen molar-refractivity contribution in [1.29, 1.82) is 0 Å². The van der Waals surface area contributed by atoms with Gasteiger partial charge in [-0.2, -0.15) is 0 Å². The van der Waals surface area contributed by atoms with Gasteiger partial charge in [-0.25, -0.2) is 10.8 Å². The first-order valence-electron chi connectivity index (χ1n) is 6.99. The number of hydrogen-bond acceptors (Lipinski definition) is 5. The Kier molecular flexibility index (Phi) is 4.92. The summed E-state index contributed by atoms with van der Waals surface area (Å²) in [6, 6.07) is 3.39. The first-order chi connectivity index (χ1) is 9.63. The summed E-state index contributed by atoms with van der Waals surface area (Å²) in [7, 11) is 0. The van der Waals surface area contributed by atoms with Crippen molar-refractivity contribution in [2.45, 2.75) is 32.8 Å². The number of nitrogen functional groups attached to an aromatic ring is 1. The molecule has 2 atom stereocenters. The van der Waals surface area contributed by atoms with Crippen LogP contribution in [0.4, 0.5) is 5.82 Å². The van der Waals surface area contributed by atoms with Gasteiger partial charge in [-0.3, -0.25) is 4.79 Å². The van der Waals surface area contributed by atoms with E-state index in [2.05, 4.69) is 22.7 Å². The minimum Gasteiger partial charge on any atom is -0.378 e. The number of carbonyl (C=O) groups excluding carboxylic acids is 1. The van der Waals surface area contributed by atoms with Crippen molar-refractivity contribution in [3.8, 4) is 0 Å². The van der Waals surface area contributed by atoms with Crippen LogP contribution in [0.1, 0.15) is 35.8 Å². The average Bonchev–Trinajstić information content (AvgIpc) is 2.91. The molecule has 1 aromatic heterocycles. The Morgan fingerprint density at radius 1 is 1.55 bits per heavy atom. The number of amides is 1. The van der Waals surface area contributed by atoms with Crippen LogP contribution in [0.3, 0.4) is 0 Å². The van der Waals surface area contributed by atoms with E-state index >= 15 is 0 Å². The van der Waals surface area contributed by atoms with Gasteiger partial charge in [0.2, 0.25) is 0 Å². The number of hydrogen-bond donors (Lipinski definition) is 3. The molecule has 0 radical (unpaired) electrons. The largest absolute Gasteiger partial charge is 0.378 e. The highest BCUT2D eigenvalue weighted by molar-refractivity contribution is 5.94. The summed E-state index contributed by atoms with van der Waals surface area (Å²) in [5, 5.41) is 2.97. The van der Waals surface area contributed by atoms with E-state index in [0.29, 0.717) is 23.8 Å². The standard InChI is InChI=1S/C14H22N4O2/c1-3-12-10(4-5-20-12)8-16-14(19)11-6-9(2)17-13(7-11)18-15/h6-7,10,12H,3-5,8,15H2,1-2H3,(H,16,19)(H,17,18). The average molecular weight is 278 g/mol. The van der Waals surface area contributed by atoms with Crippen molar-refractivity contribution in [2.24, 2.45) is 11.8 Å². The monoisotopic (exact) mass is 278 g/mol. The zero-order valence-corrected chi connectivity index (χ0v) is 12.0. The normalized spacial score (nSPS) is 21.8. The van der Waals surface area contributed by atoms with E-state index < -0.39 is 0 Å². The summed E-state index contributed by atoms with van der Waals surface area (Å²) >= 11 is 0. The third kappa shape index (κ3) is 3.46. The number of rotatable bonds is 5.